The first kappa shape index (κ1) is 28.6. The molecule has 4 aliphatic rings. The van der Waals surface area contributed by atoms with Crippen molar-refractivity contribution < 1.29 is 33.6 Å². The third-order valence-electron chi connectivity index (χ3n) is 8.44. The van der Waals surface area contributed by atoms with Gasteiger partial charge < -0.3 is 38.8 Å². The maximum absolute atomic E-state index is 13.4. The minimum absolute atomic E-state index is 0.0943. The van der Waals surface area contributed by atoms with E-state index in [1.165, 1.54) is 14.2 Å². The third kappa shape index (κ3) is 5.07. The molecule has 4 heterocycles. The molecule has 43 heavy (non-hydrogen) atoms. The zero-order valence-electron chi connectivity index (χ0n) is 24.7. The maximum Gasteiger partial charge on any atom is 0.257 e. The Hall–Kier alpha value is -4.51. The zero-order valence-corrected chi connectivity index (χ0v) is 24.7. The molecule has 2 aromatic rings. The van der Waals surface area contributed by atoms with Gasteiger partial charge in [0.1, 0.15) is 6.23 Å². The molecule has 0 radical (unpaired) electrons. The summed E-state index contributed by atoms with van der Waals surface area (Å²) in [5.41, 5.74) is 3.94. The first-order chi connectivity index (χ1) is 20.7. The van der Waals surface area contributed by atoms with Gasteiger partial charge in [-0.15, -0.1) is 0 Å². The van der Waals surface area contributed by atoms with Crippen LogP contribution in [0.2, 0.25) is 0 Å². The Morgan fingerprint density at radius 1 is 0.860 bits per heavy atom. The second kappa shape index (κ2) is 11.3. The van der Waals surface area contributed by atoms with Gasteiger partial charge in [-0.3, -0.25) is 14.6 Å². The van der Waals surface area contributed by atoms with Crippen molar-refractivity contribution in [1.82, 2.24) is 9.80 Å². The van der Waals surface area contributed by atoms with E-state index < -0.39 is 6.23 Å². The topological polar surface area (TPSA) is 113 Å². The van der Waals surface area contributed by atoms with Crippen molar-refractivity contribution in [2.45, 2.75) is 37.6 Å². The lowest BCUT2D eigenvalue weighted by molar-refractivity contribution is 0.0527. The number of anilines is 1. The van der Waals surface area contributed by atoms with Crippen LogP contribution in [-0.4, -0.2) is 98.8 Å². The van der Waals surface area contributed by atoms with Gasteiger partial charge in [0.05, 0.1) is 62.0 Å². The molecule has 1 N–H and O–H groups in total. The molecule has 0 bridgehead atoms. The molecule has 2 aromatic carbocycles. The fraction of sp³-hybridized carbons (Fsp3) is 0.406. The first-order valence-corrected chi connectivity index (χ1v) is 14.3. The smallest absolute Gasteiger partial charge is 0.257 e. The zero-order chi connectivity index (χ0) is 30.4. The summed E-state index contributed by atoms with van der Waals surface area (Å²) in [6.45, 7) is 9.59. The number of aliphatic hydroxyl groups excluding tert-OH is 1. The quantitative estimate of drug-likeness (QED) is 0.368. The van der Waals surface area contributed by atoms with Crippen molar-refractivity contribution in [3.63, 3.8) is 0 Å². The number of carbonyl (C=O) groups is 2. The molecule has 3 atom stereocenters. The number of fused-ring (bicyclic) bond motifs is 4. The number of hydrogen-bond acceptors (Lipinski definition) is 9. The molecule has 11 heteroatoms. The van der Waals surface area contributed by atoms with E-state index in [9.17, 15) is 14.7 Å². The van der Waals surface area contributed by atoms with E-state index in [0.717, 1.165) is 11.1 Å². The highest BCUT2D eigenvalue weighted by molar-refractivity contribution is 6.04. The Labute approximate surface area is 250 Å². The molecule has 4 aliphatic heterocycles. The fourth-order valence-corrected chi connectivity index (χ4v) is 6.19. The number of nitrogens with zero attached hydrogens (tertiary/aromatic N) is 4. The number of likely N-dealkylation sites (N-methyl/N-ethyl adjacent to an activating group) is 1. The number of ether oxygens (including phenoxy) is 4. The summed E-state index contributed by atoms with van der Waals surface area (Å²) in [5.74, 6) is 1.53. The molecule has 0 spiro atoms. The number of benzene rings is 2. The van der Waals surface area contributed by atoms with Crippen LogP contribution in [0.15, 0.2) is 53.6 Å². The molecule has 0 saturated carbocycles. The Morgan fingerprint density at radius 3 is 2.16 bits per heavy atom. The van der Waals surface area contributed by atoms with Crippen molar-refractivity contribution in [3.05, 3.63) is 59.7 Å². The summed E-state index contributed by atoms with van der Waals surface area (Å²) in [5, 5.41) is 11.0. The van der Waals surface area contributed by atoms with Crippen LogP contribution >= 0.6 is 0 Å². The minimum atomic E-state index is -0.883. The van der Waals surface area contributed by atoms with Crippen molar-refractivity contribution in [2.75, 3.05) is 52.5 Å². The monoisotopic (exact) mass is 588 g/mol. The molecule has 6 rings (SSSR count). The number of hydrogen-bond donors (Lipinski definition) is 1. The van der Waals surface area contributed by atoms with Crippen LogP contribution in [0.25, 0.3) is 0 Å². The molecule has 2 saturated heterocycles. The lowest BCUT2D eigenvalue weighted by Gasteiger charge is -2.30. The normalized spacial score (nSPS) is 22.5. The molecule has 226 valence electrons. The van der Waals surface area contributed by atoms with Gasteiger partial charge in [0.25, 0.3) is 11.8 Å². The molecule has 1 unspecified atom stereocenters. The molecule has 2 amide bonds. The van der Waals surface area contributed by atoms with E-state index in [4.69, 9.17) is 18.9 Å². The van der Waals surface area contributed by atoms with Gasteiger partial charge in [-0.2, -0.15) is 0 Å². The van der Waals surface area contributed by atoms with Crippen LogP contribution in [0.4, 0.5) is 11.4 Å². The van der Waals surface area contributed by atoms with Gasteiger partial charge in [0, 0.05) is 44.9 Å². The predicted molar refractivity (Wildman–Crippen MR) is 161 cm³/mol. The Bertz CT molecular complexity index is 1540. The average molecular weight is 589 g/mol. The van der Waals surface area contributed by atoms with E-state index in [1.807, 2.05) is 0 Å². The minimum Gasteiger partial charge on any atom is -0.493 e. The summed E-state index contributed by atoms with van der Waals surface area (Å²) < 4.78 is 23.2. The van der Waals surface area contributed by atoms with Gasteiger partial charge in [0.15, 0.2) is 23.0 Å². The molecule has 2 fully saturated rings. The molecule has 0 aromatic heterocycles. The van der Waals surface area contributed by atoms with Crippen molar-refractivity contribution >= 4 is 29.4 Å². The largest absolute Gasteiger partial charge is 0.493 e. The SMILES string of the molecule is C=C1C[C@H]2C=Nc3cc(OCCCOc4cc5c(cc4OC)C(=O)N4CC(=C)C[C@H]4C(O)N5C)c(OC)cc3C(=O)N2C1. The van der Waals surface area contributed by atoms with E-state index in [2.05, 4.69) is 18.2 Å². The van der Waals surface area contributed by atoms with Crippen LogP contribution < -0.4 is 23.8 Å². The lowest BCUT2D eigenvalue weighted by atomic mass is 10.1. The summed E-state index contributed by atoms with van der Waals surface area (Å²) in [6, 6.07) is 6.35. The van der Waals surface area contributed by atoms with Crippen molar-refractivity contribution in [2.24, 2.45) is 4.99 Å². The highest BCUT2D eigenvalue weighted by Gasteiger charge is 2.42. The fourth-order valence-electron chi connectivity index (χ4n) is 6.19. The van der Waals surface area contributed by atoms with E-state index in [0.29, 0.717) is 91.1 Å². The third-order valence-corrected chi connectivity index (χ3v) is 8.44. The summed E-state index contributed by atoms with van der Waals surface area (Å²) in [4.78, 5) is 36.3. The Morgan fingerprint density at radius 2 is 1.47 bits per heavy atom. The Kier molecular flexibility index (Phi) is 7.51. The number of aliphatic hydroxyl groups is 1. The van der Waals surface area contributed by atoms with Gasteiger partial charge in [-0.1, -0.05) is 24.3 Å². The second-order valence-corrected chi connectivity index (χ2v) is 11.3. The lowest BCUT2D eigenvalue weighted by Crippen LogP contribution is -2.47. The van der Waals surface area contributed by atoms with Crippen molar-refractivity contribution in [3.8, 4) is 23.0 Å². The standard InChI is InChI=1S/C32H36N4O7/c1-18-9-20-15-33-23-13-28(26(40-4)11-21(23)30(37)35(20)16-18)42-7-6-8-43-29-14-24-22(12-27(29)41-5)31(38)36-17-19(2)10-25(36)32(39)34(24)3/h11-15,20,25,32,39H,1-2,6-10,16-17H2,3-5H3/t20-,25-,32?/m0/s1. The van der Waals surface area contributed by atoms with Gasteiger partial charge >= 0.3 is 0 Å². The number of amides is 2. The van der Waals surface area contributed by atoms with Crippen molar-refractivity contribution in [1.29, 1.82) is 0 Å². The van der Waals surface area contributed by atoms with E-state index in [-0.39, 0.29) is 23.9 Å². The summed E-state index contributed by atoms with van der Waals surface area (Å²) in [6.07, 6.45) is 2.70. The highest BCUT2D eigenvalue weighted by atomic mass is 16.5. The first-order valence-electron chi connectivity index (χ1n) is 14.3. The van der Waals surface area contributed by atoms with E-state index in [1.54, 1.807) is 52.2 Å². The molecular weight excluding hydrogens is 552 g/mol. The van der Waals surface area contributed by atoms with Crippen LogP contribution in [0.5, 0.6) is 23.0 Å². The molecular formula is C32H36N4O7. The molecule has 0 aliphatic carbocycles. The van der Waals surface area contributed by atoms with Gasteiger partial charge in [-0.05, 0) is 25.0 Å². The molecule has 11 nitrogen and oxygen atoms in total. The average Bonchev–Trinajstić information content (AvgIpc) is 3.54. The number of methoxy groups -OCH3 is 2. The number of rotatable bonds is 8. The summed E-state index contributed by atoms with van der Waals surface area (Å²) >= 11 is 0. The summed E-state index contributed by atoms with van der Waals surface area (Å²) in [7, 11) is 4.82. The number of aliphatic imine (C=N–C) groups is 1. The highest BCUT2D eigenvalue weighted by Crippen LogP contribution is 2.41. The second-order valence-electron chi connectivity index (χ2n) is 11.3. The van der Waals surface area contributed by atoms with Crippen LogP contribution in [0.3, 0.4) is 0 Å². The maximum atomic E-state index is 13.4. The van der Waals surface area contributed by atoms with Crippen LogP contribution in [-0.2, 0) is 0 Å². The van der Waals surface area contributed by atoms with Crippen LogP contribution in [0, 0.1) is 0 Å². The number of carbonyl (C=O) groups excluding carboxylic acids is 2. The predicted octanol–water partition coefficient (Wildman–Crippen LogP) is 3.58. The van der Waals surface area contributed by atoms with Crippen LogP contribution in [0.1, 0.15) is 40.0 Å². The van der Waals surface area contributed by atoms with E-state index >= 15 is 0 Å². The van der Waals surface area contributed by atoms with Gasteiger partial charge in [0.2, 0.25) is 0 Å². The Balaban J connectivity index is 1.13. The van der Waals surface area contributed by atoms with Gasteiger partial charge in [-0.25, -0.2) is 0 Å².